The van der Waals surface area contributed by atoms with Crippen molar-refractivity contribution in [1.82, 2.24) is 5.32 Å². The number of benzene rings is 2. The Morgan fingerprint density at radius 3 is 2.57 bits per heavy atom. The molecule has 0 heterocycles. The summed E-state index contributed by atoms with van der Waals surface area (Å²) in [6.07, 6.45) is 0. The van der Waals surface area contributed by atoms with Crippen molar-refractivity contribution in [2.24, 2.45) is 0 Å². The van der Waals surface area contributed by atoms with E-state index in [2.05, 4.69) is 10.6 Å². The van der Waals surface area contributed by atoms with Gasteiger partial charge in [-0.3, -0.25) is 4.79 Å². The SMILES string of the molecule is Cc1cccc(NC(=O)CN[C@H](C)c2ccc(Cl)cc2)c1. The molecule has 0 aliphatic rings. The highest BCUT2D eigenvalue weighted by Gasteiger charge is 2.08. The topological polar surface area (TPSA) is 41.1 Å². The van der Waals surface area contributed by atoms with Gasteiger partial charge in [0.05, 0.1) is 6.54 Å². The van der Waals surface area contributed by atoms with Gasteiger partial charge in [0, 0.05) is 16.8 Å². The summed E-state index contributed by atoms with van der Waals surface area (Å²) < 4.78 is 0. The average Bonchev–Trinajstić information content (AvgIpc) is 2.45. The predicted molar refractivity (Wildman–Crippen MR) is 87.7 cm³/mol. The fourth-order valence-corrected chi connectivity index (χ4v) is 2.17. The normalized spacial score (nSPS) is 12.0. The van der Waals surface area contributed by atoms with Gasteiger partial charge in [0.15, 0.2) is 0 Å². The van der Waals surface area contributed by atoms with E-state index >= 15 is 0 Å². The highest BCUT2D eigenvalue weighted by Crippen LogP contribution is 2.16. The molecule has 3 nitrogen and oxygen atoms in total. The minimum Gasteiger partial charge on any atom is -0.325 e. The van der Waals surface area contributed by atoms with Crippen molar-refractivity contribution in [3.63, 3.8) is 0 Å². The van der Waals surface area contributed by atoms with Crippen molar-refractivity contribution in [2.75, 3.05) is 11.9 Å². The first-order valence-corrected chi connectivity index (χ1v) is 7.28. The Morgan fingerprint density at radius 1 is 1.19 bits per heavy atom. The molecule has 1 amide bonds. The van der Waals surface area contributed by atoms with Gasteiger partial charge in [-0.1, -0.05) is 35.9 Å². The third-order valence-corrected chi connectivity index (χ3v) is 3.49. The first-order valence-electron chi connectivity index (χ1n) is 6.90. The lowest BCUT2D eigenvalue weighted by molar-refractivity contribution is -0.115. The molecule has 2 aromatic rings. The largest absolute Gasteiger partial charge is 0.325 e. The minimum absolute atomic E-state index is 0.0542. The van der Waals surface area contributed by atoms with Crippen LogP contribution >= 0.6 is 11.6 Å². The molecule has 0 aliphatic heterocycles. The van der Waals surface area contributed by atoms with Gasteiger partial charge in [0.25, 0.3) is 0 Å². The van der Waals surface area contributed by atoms with Crippen LogP contribution in [0.15, 0.2) is 48.5 Å². The molecule has 0 saturated carbocycles. The highest BCUT2D eigenvalue weighted by molar-refractivity contribution is 6.30. The van der Waals surface area contributed by atoms with Gasteiger partial charge in [-0.2, -0.15) is 0 Å². The molecule has 0 bridgehead atoms. The summed E-state index contributed by atoms with van der Waals surface area (Å²) in [5, 5.41) is 6.79. The van der Waals surface area contributed by atoms with Crippen LogP contribution in [0.5, 0.6) is 0 Å². The molecule has 0 unspecified atom stereocenters. The van der Waals surface area contributed by atoms with E-state index in [1.165, 1.54) is 0 Å². The summed E-state index contributed by atoms with van der Waals surface area (Å²) in [6, 6.07) is 15.4. The Labute approximate surface area is 130 Å². The highest BCUT2D eigenvalue weighted by atomic mass is 35.5. The Kier molecular flexibility index (Phi) is 5.37. The maximum absolute atomic E-state index is 11.9. The van der Waals surface area contributed by atoms with Crippen molar-refractivity contribution in [1.29, 1.82) is 0 Å². The molecule has 0 saturated heterocycles. The number of carbonyl (C=O) groups excluding carboxylic acids is 1. The number of rotatable bonds is 5. The van der Waals surface area contributed by atoms with Crippen LogP contribution in [-0.2, 0) is 4.79 Å². The minimum atomic E-state index is -0.0542. The number of nitrogens with one attached hydrogen (secondary N) is 2. The van der Waals surface area contributed by atoms with Crippen molar-refractivity contribution in [3.05, 3.63) is 64.7 Å². The quantitative estimate of drug-likeness (QED) is 0.878. The molecule has 21 heavy (non-hydrogen) atoms. The second kappa shape index (κ2) is 7.25. The Hall–Kier alpha value is -1.84. The van der Waals surface area contributed by atoms with Crippen LogP contribution in [0.1, 0.15) is 24.1 Å². The summed E-state index contributed by atoms with van der Waals surface area (Å²) in [6.45, 7) is 4.28. The second-order valence-corrected chi connectivity index (χ2v) is 5.51. The van der Waals surface area contributed by atoms with Gasteiger partial charge >= 0.3 is 0 Å². The molecule has 2 aromatic carbocycles. The monoisotopic (exact) mass is 302 g/mol. The van der Waals surface area contributed by atoms with E-state index in [1.54, 1.807) is 0 Å². The standard InChI is InChI=1S/C17H19ClN2O/c1-12-4-3-5-16(10-12)20-17(21)11-19-13(2)14-6-8-15(18)9-7-14/h3-10,13,19H,11H2,1-2H3,(H,20,21)/t13-/m1/s1. The van der Waals surface area contributed by atoms with E-state index in [9.17, 15) is 4.79 Å². The number of aryl methyl sites for hydroxylation is 1. The third-order valence-electron chi connectivity index (χ3n) is 3.24. The molecule has 0 radical (unpaired) electrons. The van der Waals surface area contributed by atoms with Crippen LogP contribution in [0.3, 0.4) is 0 Å². The number of amides is 1. The molecular formula is C17H19ClN2O. The predicted octanol–water partition coefficient (Wildman–Crippen LogP) is 3.94. The molecule has 110 valence electrons. The van der Waals surface area contributed by atoms with Crippen LogP contribution in [0.25, 0.3) is 0 Å². The van der Waals surface area contributed by atoms with Crippen molar-refractivity contribution < 1.29 is 4.79 Å². The lowest BCUT2D eigenvalue weighted by atomic mass is 10.1. The fraction of sp³-hybridized carbons (Fsp3) is 0.235. The maximum Gasteiger partial charge on any atom is 0.238 e. The van der Waals surface area contributed by atoms with Gasteiger partial charge in [0.1, 0.15) is 0 Å². The summed E-state index contributed by atoms with van der Waals surface area (Å²) in [5.41, 5.74) is 3.04. The van der Waals surface area contributed by atoms with E-state index in [0.717, 1.165) is 16.8 Å². The lowest BCUT2D eigenvalue weighted by Crippen LogP contribution is -2.30. The van der Waals surface area contributed by atoms with Gasteiger partial charge in [-0.15, -0.1) is 0 Å². The molecular weight excluding hydrogens is 284 g/mol. The molecule has 1 atom stereocenters. The number of carbonyl (C=O) groups is 1. The van der Waals surface area contributed by atoms with Gasteiger partial charge in [-0.25, -0.2) is 0 Å². The van der Waals surface area contributed by atoms with Crippen molar-refractivity contribution in [2.45, 2.75) is 19.9 Å². The molecule has 4 heteroatoms. The summed E-state index contributed by atoms with van der Waals surface area (Å²) in [5.74, 6) is -0.0542. The Morgan fingerprint density at radius 2 is 1.90 bits per heavy atom. The summed E-state index contributed by atoms with van der Waals surface area (Å²) in [7, 11) is 0. The van der Waals surface area contributed by atoms with Gasteiger partial charge < -0.3 is 10.6 Å². The van der Waals surface area contributed by atoms with Crippen LogP contribution in [0, 0.1) is 6.92 Å². The number of hydrogen-bond donors (Lipinski definition) is 2. The molecule has 0 spiro atoms. The zero-order chi connectivity index (χ0) is 15.2. The maximum atomic E-state index is 11.9. The zero-order valence-corrected chi connectivity index (χ0v) is 12.9. The molecule has 0 fully saturated rings. The van der Waals surface area contributed by atoms with E-state index in [-0.39, 0.29) is 18.5 Å². The van der Waals surface area contributed by atoms with Gasteiger partial charge in [-0.05, 0) is 49.2 Å². The molecule has 2 rings (SSSR count). The zero-order valence-electron chi connectivity index (χ0n) is 12.2. The van der Waals surface area contributed by atoms with Crippen molar-refractivity contribution in [3.8, 4) is 0 Å². The molecule has 0 aliphatic carbocycles. The van der Waals surface area contributed by atoms with Crippen molar-refractivity contribution >= 4 is 23.2 Å². The first-order chi connectivity index (χ1) is 10.0. The Bertz CT molecular complexity index is 610. The Balaban J connectivity index is 1.84. The van der Waals surface area contributed by atoms with E-state index in [1.807, 2.05) is 62.4 Å². The first kappa shape index (κ1) is 15.5. The summed E-state index contributed by atoms with van der Waals surface area (Å²) >= 11 is 5.86. The van der Waals surface area contributed by atoms with Crippen LogP contribution in [-0.4, -0.2) is 12.5 Å². The number of halogens is 1. The van der Waals surface area contributed by atoms with Crippen LogP contribution < -0.4 is 10.6 Å². The smallest absolute Gasteiger partial charge is 0.238 e. The van der Waals surface area contributed by atoms with Crippen LogP contribution in [0.4, 0.5) is 5.69 Å². The lowest BCUT2D eigenvalue weighted by Gasteiger charge is -2.14. The summed E-state index contributed by atoms with van der Waals surface area (Å²) in [4.78, 5) is 11.9. The molecule has 2 N–H and O–H groups in total. The van der Waals surface area contributed by atoms with Crippen LogP contribution in [0.2, 0.25) is 5.02 Å². The third kappa shape index (κ3) is 4.88. The second-order valence-electron chi connectivity index (χ2n) is 5.07. The van der Waals surface area contributed by atoms with E-state index in [4.69, 9.17) is 11.6 Å². The van der Waals surface area contributed by atoms with E-state index < -0.39 is 0 Å². The van der Waals surface area contributed by atoms with Gasteiger partial charge in [0.2, 0.25) is 5.91 Å². The van der Waals surface area contributed by atoms with E-state index in [0.29, 0.717) is 5.02 Å². The number of anilines is 1. The number of hydrogen-bond acceptors (Lipinski definition) is 2. The fourth-order valence-electron chi connectivity index (χ4n) is 2.04. The average molecular weight is 303 g/mol. The molecule has 0 aromatic heterocycles.